The van der Waals surface area contributed by atoms with Gasteiger partial charge in [-0.1, -0.05) is 17.7 Å². The van der Waals surface area contributed by atoms with Crippen LogP contribution in [0.2, 0.25) is 5.02 Å². The van der Waals surface area contributed by atoms with E-state index in [0.29, 0.717) is 15.2 Å². The first kappa shape index (κ1) is 14.0. The Labute approximate surface area is 109 Å². The van der Waals surface area contributed by atoms with Crippen molar-refractivity contribution in [2.45, 2.75) is 5.51 Å². The van der Waals surface area contributed by atoms with E-state index in [1.165, 1.54) is 0 Å². The molecule has 0 saturated heterocycles. The molecule has 0 spiro atoms. The monoisotopic (exact) mass is 333 g/mol. The second-order valence-electron chi connectivity index (χ2n) is 2.82. The zero-order valence-corrected chi connectivity index (χ0v) is 11.1. The van der Waals surface area contributed by atoms with Gasteiger partial charge in [0.05, 0.1) is 9.50 Å². The lowest BCUT2D eigenvalue weighted by Crippen LogP contribution is -2.09. The molecule has 90 valence electrons. The first-order valence-corrected chi connectivity index (χ1v) is 6.44. The van der Waals surface area contributed by atoms with Gasteiger partial charge in [-0.25, -0.2) is 0 Å². The molecule has 0 bridgehead atoms. The van der Waals surface area contributed by atoms with Crippen LogP contribution >= 0.6 is 39.3 Å². The molecule has 0 saturated carbocycles. The van der Waals surface area contributed by atoms with Crippen LogP contribution in [0.1, 0.15) is 0 Å². The van der Waals surface area contributed by atoms with Gasteiger partial charge < -0.3 is 5.32 Å². The van der Waals surface area contributed by atoms with E-state index in [1.807, 2.05) is 0 Å². The van der Waals surface area contributed by atoms with Crippen LogP contribution in [0, 0.1) is 0 Å². The maximum Gasteiger partial charge on any atom is 0.441 e. The zero-order valence-electron chi connectivity index (χ0n) is 7.94. The Morgan fingerprint density at radius 2 is 2.06 bits per heavy atom. The topological polar surface area (TPSA) is 12.0 Å². The molecule has 0 atom stereocenters. The highest BCUT2D eigenvalue weighted by molar-refractivity contribution is 9.10. The number of benzene rings is 1. The van der Waals surface area contributed by atoms with Gasteiger partial charge in [0.1, 0.15) is 0 Å². The van der Waals surface area contributed by atoms with Crippen molar-refractivity contribution in [3.63, 3.8) is 0 Å². The number of rotatable bonds is 4. The second-order valence-corrected chi connectivity index (χ2v) is 5.18. The van der Waals surface area contributed by atoms with Gasteiger partial charge in [0.15, 0.2) is 0 Å². The summed E-state index contributed by atoms with van der Waals surface area (Å²) < 4.78 is 36.1. The summed E-state index contributed by atoms with van der Waals surface area (Å²) in [6.45, 7) is 0.225. The van der Waals surface area contributed by atoms with Gasteiger partial charge in [-0.15, -0.1) is 0 Å². The van der Waals surface area contributed by atoms with Crippen LogP contribution in [-0.2, 0) is 0 Å². The van der Waals surface area contributed by atoms with Crippen LogP contribution < -0.4 is 5.32 Å². The number of hydrogen-bond acceptors (Lipinski definition) is 2. The molecule has 16 heavy (non-hydrogen) atoms. The second kappa shape index (κ2) is 6.02. The van der Waals surface area contributed by atoms with Gasteiger partial charge in [0.25, 0.3) is 0 Å². The molecule has 0 amide bonds. The van der Waals surface area contributed by atoms with Crippen LogP contribution in [0.25, 0.3) is 0 Å². The summed E-state index contributed by atoms with van der Waals surface area (Å²) in [5.41, 5.74) is -3.48. The smallest absolute Gasteiger partial charge is 0.383 e. The molecule has 0 aliphatic rings. The van der Waals surface area contributed by atoms with E-state index in [-0.39, 0.29) is 24.1 Å². The summed E-state index contributed by atoms with van der Waals surface area (Å²) in [6, 6.07) is 5.17. The maximum atomic E-state index is 11.8. The zero-order chi connectivity index (χ0) is 12.2. The van der Waals surface area contributed by atoms with E-state index in [1.54, 1.807) is 18.2 Å². The van der Waals surface area contributed by atoms with Crippen LogP contribution in [0.5, 0.6) is 0 Å². The molecule has 1 aromatic carbocycles. The van der Waals surface area contributed by atoms with Crippen molar-refractivity contribution in [3.8, 4) is 0 Å². The predicted molar refractivity (Wildman–Crippen MR) is 66.2 cm³/mol. The predicted octanol–water partition coefficient (Wildman–Crippen LogP) is 4.77. The lowest BCUT2D eigenvalue weighted by Gasteiger charge is -2.10. The highest BCUT2D eigenvalue weighted by Crippen LogP contribution is 2.31. The van der Waals surface area contributed by atoms with Gasteiger partial charge in [-0.3, -0.25) is 0 Å². The average molecular weight is 335 g/mol. The van der Waals surface area contributed by atoms with Crippen LogP contribution in [0.3, 0.4) is 0 Å². The fraction of sp³-hybridized carbons (Fsp3) is 0.333. The van der Waals surface area contributed by atoms with Gasteiger partial charge >= 0.3 is 5.51 Å². The van der Waals surface area contributed by atoms with Crippen molar-refractivity contribution in [1.29, 1.82) is 0 Å². The van der Waals surface area contributed by atoms with Crippen molar-refractivity contribution in [2.75, 3.05) is 17.6 Å². The molecule has 0 aromatic heterocycles. The largest absolute Gasteiger partial charge is 0.441 e. The molecular weight excluding hydrogens is 327 g/mol. The fourth-order valence-corrected chi connectivity index (χ4v) is 2.01. The van der Waals surface area contributed by atoms with Crippen LogP contribution in [0.15, 0.2) is 22.7 Å². The first-order valence-electron chi connectivity index (χ1n) is 4.29. The molecule has 1 rings (SSSR count). The first-order chi connectivity index (χ1) is 7.40. The third-order valence-corrected chi connectivity index (χ3v) is 3.77. The van der Waals surface area contributed by atoms with Crippen LogP contribution in [0.4, 0.5) is 18.9 Å². The summed E-state index contributed by atoms with van der Waals surface area (Å²) in [5.74, 6) is -0.0392. The molecule has 1 nitrogen and oxygen atoms in total. The van der Waals surface area contributed by atoms with Crippen molar-refractivity contribution in [3.05, 3.63) is 27.7 Å². The number of thioether (sulfide) groups is 1. The number of alkyl halides is 3. The Morgan fingerprint density at radius 3 is 2.69 bits per heavy atom. The Hall–Kier alpha value is -0.0700. The molecular formula is C9H8BrClF3NS. The molecule has 1 aromatic rings. The van der Waals surface area contributed by atoms with Crippen molar-refractivity contribution < 1.29 is 13.2 Å². The van der Waals surface area contributed by atoms with Gasteiger partial charge in [0, 0.05) is 18.0 Å². The summed E-state index contributed by atoms with van der Waals surface area (Å²) in [6.07, 6.45) is 0. The number of anilines is 1. The SMILES string of the molecule is FC(F)(F)SCCNc1cccc(Cl)c1Br. The molecule has 0 heterocycles. The summed E-state index contributed by atoms with van der Waals surface area (Å²) >= 11 is 9.03. The number of nitrogens with one attached hydrogen (secondary N) is 1. The maximum absolute atomic E-state index is 11.8. The fourth-order valence-electron chi connectivity index (χ4n) is 0.993. The van der Waals surface area contributed by atoms with Gasteiger partial charge in [0.2, 0.25) is 0 Å². The van der Waals surface area contributed by atoms with Gasteiger partial charge in [-0.2, -0.15) is 13.2 Å². The van der Waals surface area contributed by atoms with Gasteiger partial charge in [-0.05, 0) is 39.8 Å². The number of hydrogen-bond donors (Lipinski definition) is 1. The van der Waals surface area contributed by atoms with E-state index in [2.05, 4.69) is 21.2 Å². The summed E-state index contributed by atoms with van der Waals surface area (Å²) in [4.78, 5) is 0. The summed E-state index contributed by atoms with van der Waals surface area (Å²) in [7, 11) is 0. The lowest BCUT2D eigenvalue weighted by atomic mass is 10.3. The van der Waals surface area contributed by atoms with Crippen molar-refractivity contribution >= 4 is 45.0 Å². The van der Waals surface area contributed by atoms with E-state index < -0.39 is 5.51 Å². The Kier molecular flexibility index (Phi) is 5.27. The highest BCUT2D eigenvalue weighted by atomic mass is 79.9. The molecule has 0 aliphatic carbocycles. The molecule has 0 fully saturated rings. The van der Waals surface area contributed by atoms with E-state index in [0.717, 1.165) is 0 Å². The molecule has 1 N–H and O–H groups in total. The Morgan fingerprint density at radius 1 is 1.38 bits per heavy atom. The van der Waals surface area contributed by atoms with E-state index >= 15 is 0 Å². The summed E-state index contributed by atoms with van der Waals surface area (Å²) in [5, 5.41) is 3.40. The molecule has 0 radical (unpaired) electrons. The third kappa shape index (κ3) is 4.84. The minimum absolute atomic E-state index is 0.0392. The van der Waals surface area contributed by atoms with E-state index in [9.17, 15) is 13.2 Å². The van der Waals surface area contributed by atoms with E-state index in [4.69, 9.17) is 11.6 Å². The molecule has 0 aliphatic heterocycles. The quantitative estimate of drug-likeness (QED) is 0.796. The van der Waals surface area contributed by atoms with Crippen molar-refractivity contribution in [1.82, 2.24) is 0 Å². The standard InChI is InChI=1S/C9H8BrClF3NS/c10-8-6(11)2-1-3-7(8)15-4-5-16-9(12,13)14/h1-3,15H,4-5H2. The third-order valence-electron chi connectivity index (χ3n) is 1.63. The Bertz CT molecular complexity index is 359. The minimum atomic E-state index is -4.17. The lowest BCUT2D eigenvalue weighted by molar-refractivity contribution is -0.0327. The highest BCUT2D eigenvalue weighted by Gasteiger charge is 2.27. The molecule has 7 heteroatoms. The molecule has 0 unspecified atom stereocenters. The van der Waals surface area contributed by atoms with Crippen molar-refractivity contribution in [2.24, 2.45) is 0 Å². The van der Waals surface area contributed by atoms with Crippen LogP contribution in [-0.4, -0.2) is 17.8 Å². The number of halogens is 5. The minimum Gasteiger partial charge on any atom is -0.383 e. The average Bonchev–Trinajstić information content (AvgIpc) is 2.17. The normalized spacial score (nSPS) is 11.6. The Balaban J connectivity index is 2.41.